The molecule has 0 unspecified atom stereocenters. The Bertz CT molecular complexity index is 1250. The molecule has 0 atom stereocenters. The second-order valence-corrected chi connectivity index (χ2v) is 12.4. The minimum atomic E-state index is -3.65. The summed E-state index contributed by atoms with van der Waals surface area (Å²) in [4.78, 5) is 13.2. The van der Waals surface area contributed by atoms with E-state index in [0.29, 0.717) is 37.4 Å². The number of nitrogens with one attached hydrogen (secondary N) is 1. The van der Waals surface area contributed by atoms with Gasteiger partial charge in [-0.15, -0.1) is 0 Å². The Morgan fingerprint density at radius 2 is 1.30 bits per heavy atom. The van der Waals surface area contributed by atoms with Crippen molar-refractivity contribution in [3.8, 4) is 0 Å². The summed E-state index contributed by atoms with van der Waals surface area (Å²) in [6.07, 6.45) is 4.36. The number of aryl methyl sites for hydroxylation is 1. The molecule has 8 nitrogen and oxygen atoms in total. The molecule has 0 aliphatic carbocycles. The summed E-state index contributed by atoms with van der Waals surface area (Å²) < 4.78 is 54.7. The van der Waals surface area contributed by atoms with E-state index < -0.39 is 26.0 Å². The average Bonchev–Trinajstić information content (AvgIpc) is 3.36. The number of nitrogens with zero attached hydrogens (tertiary/aromatic N) is 2. The molecular formula is C23H29N3O5S2. The van der Waals surface area contributed by atoms with Gasteiger partial charge in [0.15, 0.2) is 0 Å². The van der Waals surface area contributed by atoms with Crippen molar-refractivity contribution in [3.63, 3.8) is 0 Å². The third kappa shape index (κ3) is 4.98. The summed E-state index contributed by atoms with van der Waals surface area (Å²) in [7, 11) is -7.29. The fourth-order valence-electron chi connectivity index (χ4n) is 4.27. The third-order valence-electron chi connectivity index (χ3n) is 6.20. The van der Waals surface area contributed by atoms with Crippen molar-refractivity contribution >= 4 is 31.6 Å². The van der Waals surface area contributed by atoms with Crippen LogP contribution in [0.3, 0.4) is 0 Å². The van der Waals surface area contributed by atoms with E-state index in [0.717, 1.165) is 32.1 Å². The first-order valence-electron chi connectivity index (χ1n) is 11.2. The number of carbonyl (C=O) groups is 1. The molecule has 2 aliphatic heterocycles. The van der Waals surface area contributed by atoms with E-state index in [9.17, 15) is 21.6 Å². The molecule has 2 saturated heterocycles. The van der Waals surface area contributed by atoms with Crippen LogP contribution >= 0.6 is 0 Å². The zero-order valence-electron chi connectivity index (χ0n) is 18.7. The SMILES string of the molecule is Cc1ccc(S(=O)(=O)N2CCCC2)cc1C(=O)Nc1cccc(S(=O)(=O)N2CCCCC2)c1. The quantitative estimate of drug-likeness (QED) is 0.668. The second-order valence-electron chi connectivity index (χ2n) is 8.53. The van der Waals surface area contributed by atoms with E-state index in [1.54, 1.807) is 25.1 Å². The van der Waals surface area contributed by atoms with Crippen molar-refractivity contribution in [2.45, 2.75) is 48.8 Å². The fourth-order valence-corrected chi connectivity index (χ4v) is 7.38. The van der Waals surface area contributed by atoms with Gasteiger partial charge >= 0.3 is 0 Å². The molecule has 1 amide bonds. The van der Waals surface area contributed by atoms with E-state index in [1.807, 2.05) is 0 Å². The summed E-state index contributed by atoms with van der Waals surface area (Å²) in [5.41, 5.74) is 1.20. The second kappa shape index (κ2) is 9.54. The Hall–Kier alpha value is -2.27. The lowest BCUT2D eigenvalue weighted by molar-refractivity contribution is 0.102. The first kappa shape index (κ1) is 23.9. The Balaban J connectivity index is 1.57. The summed E-state index contributed by atoms with van der Waals surface area (Å²) in [5, 5.41) is 2.73. The van der Waals surface area contributed by atoms with Crippen LogP contribution in [-0.4, -0.2) is 57.5 Å². The number of amides is 1. The highest BCUT2D eigenvalue weighted by atomic mass is 32.2. The highest BCUT2D eigenvalue weighted by Gasteiger charge is 2.29. The van der Waals surface area contributed by atoms with Crippen molar-refractivity contribution < 1.29 is 21.6 Å². The summed E-state index contributed by atoms with van der Waals surface area (Å²) in [6, 6.07) is 10.7. The van der Waals surface area contributed by atoms with Crippen molar-refractivity contribution in [1.82, 2.24) is 8.61 Å². The molecule has 4 rings (SSSR count). The number of benzene rings is 2. The van der Waals surface area contributed by atoms with Gasteiger partial charge in [0.05, 0.1) is 9.79 Å². The Morgan fingerprint density at radius 3 is 1.91 bits per heavy atom. The van der Waals surface area contributed by atoms with Crippen LogP contribution in [0, 0.1) is 6.92 Å². The van der Waals surface area contributed by atoms with E-state index in [1.165, 1.54) is 32.9 Å². The summed E-state index contributed by atoms with van der Waals surface area (Å²) in [5.74, 6) is -0.488. The van der Waals surface area contributed by atoms with Crippen molar-refractivity contribution in [2.24, 2.45) is 0 Å². The van der Waals surface area contributed by atoms with Crippen molar-refractivity contribution in [3.05, 3.63) is 53.6 Å². The molecule has 2 aromatic carbocycles. The number of carbonyl (C=O) groups excluding carboxylic acids is 1. The molecule has 2 heterocycles. The predicted molar refractivity (Wildman–Crippen MR) is 126 cm³/mol. The molecule has 0 radical (unpaired) electrons. The molecule has 0 bridgehead atoms. The largest absolute Gasteiger partial charge is 0.322 e. The Morgan fingerprint density at radius 1 is 0.758 bits per heavy atom. The van der Waals surface area contributed by atoms with Gasteiger partial charge in [0.25, 0.3) is 5.91 Å². The maximum absolute atomic E-state index is 13.0. The molecule has 2 aliphatic rings. The van der Waals surface area contributed by atoms with Crippen LogP contribution < -0.4 is 5.32 Å². The standard InChI is InChI=1S/C23H29N3O5S2/c1-18-10-11-21(33(30,31)26-14-5-6-15-26)17-22(18)23(27)24-19-8-7-9-20(16-19)32(28,29)25-12-3-2-4-13-25/h7-11,16-17H,2-6,12-15H2,1H3,(H,24,27). The van der Waals surface area contributed by atoms with Gasteiger partial charge in [0.1, 0.15) is 0 Å². The first-order valence-corrected chi connectivity index (χ1v) is 14.1. The summed E-state index contributed by atoms with van der Waals surface area (Å²) >= 11 is 0. The maximum atomic E-state index is 13.0. The molecule has 178 valence electrons. The summed E-state index contributed by atoms with van der Waals surface area (Å²) in [6.45, 7) is 3.69. The van der Waals surface area contributed by atoms with Crippen LogP contribution in [0.5, 0.6) is 0 Å². The molecule has 0 spiro atoms. The molecule has 10 heteroatoms. The number of sulfonamides is 2. The van der Waals surface area contributed by atoms with Crippen LogP contribution in [0.2, 0.25) is 0 Å². The van der Waals surface area contributed by atoms with Gasteiger partial charge in [-0.2, -0.15) is 8.61 Å². The van der Waals surface area contributed by atoms with E-state index in [-0.39, 0.29) is 15.4 Å². The molecule has 0 saturated carbocycles. The van der Waals surface area contributed by atoms with Gasteiger partial charge in [0, 0.05) is 37.4 Å². The zero-order valence-corrected chi connectivity index (χ0v) is 20.3. The molecule has 0 aromatic heterocycles. The topological polar surface area (TPSA) is 104 Å². The molecule has 33 heavy (non-hydrogen) atoms. The predicted octanol–water partition coefficient (Wildman–Crippen LogP) is 3.21. The number of rotatable bonds is 6. The molecular weight excluding hydrogens is 462 g/mol. The zero-order chi connectivity index (χ0) is 23.6. The van der Waals surface area contributed by atoms with Crippen LogP contribution in [0.25, 0.3) is 0 Å². The number of piperidine rings is 1. The van der Waals surface area contributed by atoms with Crippen LogP contribution in [0.4, 0.5) is 5.69 Å². The van der Waals surface area contributed by atoms with E-state index in [4.69, 9.17) is 0 Å². The Labute approximate surface area is 195 Å². The number of hydrogen-bond acceptors (Lipinski definition) is 5. The number of anilines is 1. The monoisotopic (exact) mass is 491 g/mol. The molecule has 2 fully saturated rings. The Kier molecular flexibility index (Phi) is 6.90. The van der Waals surface area contributed by atoms with Crippen molar-refractivity contribution in [1.29, 1.82) is 0 Å². The highest BCUT2D eigenvalue weighted by Crippen LogP contribution is 2.25. The van der Waals surface area contributed by atoms with E-state index >= 15 is 0 Å². The van der Waals surface area contributed by atoms with Gasteiger partial charge in [-0.3, -0.25) is 4.79 Å². The lowest BCUT2D eigenvalue weighted by atomic mass is 10.1. The van der Waals surface area contributed by atoms with E-state index in [2.05, 4.69) is 5.32 Å². The van der Waals surface area contributed by atoms with Gasteiger partial charge in [0.2, 0.25) is 20.0 Å². The third-order valence-corrected chi connectivity index (χ3v) is 9.99. The van der Waals surface area contributed by atoms with Gasteiger partial charge in [-0.05, 0) is 68.5 Å². The molecule has 1 N–H and O–H groups in total. The smallest absolute Gasteiger partial charge is 0.255 e. The molecule has 2 aromatic rings. The fraction of sp³-hybridized carbons (Fsp3) is 0.435. The van der Waals surface area contributed by atoms with Crippen LogP contribution in [0.15, 0.2) is 52.3 Å². The lowest BCUT2D eigenvalue weighted by Gasteiger charge is -2.26. The lowest BCUT2D eigenvalue weighted by Crippen LogP contribution is -2.35. The number of hydrogen-bond donors (Lipinski definition) is 1. The normalized spacial score (nSPS) is 18.3. The highest BCUT2D eigenvalue weighted by molar-refractivity contribution is 7.89. The first-order chi connectivity index (χ1) is 15.7. The van der Waals surface area contributed by atoms with Crippen LogP contribution in [-0.2, 0) is 20.0 Å². The minimum absolute atomic E-state index is 0.0848. The van der Waals surface area contributed by atoms with Gasteiger partial charge < -0.3 is 5.32 Å². The van der Waals surface area contributed by atoms with Gasteiger partial charge in [-0.1, -0.05) is 18.6 Å². The van der Waals surface area contributed by atoms with Gasteiger partial charge in [-0.25, -0.2) is 16.8 Å². The van der Waals surface area contributed by atoms with Crippen molar-refractivity contribution in [2.75, 3.05) is 31.5 Å². The maximum Gasteiger partial charge on any atom is 0.255 e. The van der Waals surface area contributed by atoms with Crippen LogP contribution in [0.1, 0.15) is 48.0 Å². The average molecular weight is 492 g/mol. The minimum Gasteiger partial charge on any atom is -0.322 e.